The Morgan fingerprint density at radius 2 is 1.57 bits per heavy atom. The summed E-state index contributed by atoms with van der Waals surface area (Å²) in [6.07, 6.45) is 3.13. The quantitative estimate of drug-likeness (QED) is 0.246. The summed E-state index contributed by atoms with van der Waals surface area (Å²) in [5.74, 6) is 4.84. The van der Waals surface area contributed by atoms with Crippen LogP contribution in [0.4, 0.5) is 0 Å². The van der Waals surface area contributed by atoms with Crippen molar-refractivity contribution < 1.29 is 28.8 Å². The van der Waals surface area contributed by atoms with Crippen molar-refractivity contribution in [2.24, 2.45) is 0 Å². The molecule has 0 unspecified atom stereocenters. The van der Waals surface area contributed by atoms with E-state index in [0.29, 0.717) is 40.9 Å². The number of nitrogens with zero attached hydrogens (tertiary/aromatic N) is 1. The van der Waals surface area contributed by atoms with Crippen LogP contribution < -0.4 is 29.0 Å². The van der Waals surface area contributed by atoms with Crippen LogP contribution in [-0.2, 0) is 25.7 Å². The van der Waals surface area contributed by atoms with Crippen molar-refractivity contribution in [3.63, 3.8) is 0 Å². The summed E-state index contributed by atoms with van der Waals surface area (Å²) in [6.45, 7) is 1.70. The molecule has 0 fully saturated rings. The van der Waals surface area contributed by atoms with Gasteiger partial charge >= 0.3 is 0 Å². The normalized spacial score (nSPS) is 19.5. The maximum Gasteiger partial charge on any atom is 0.216 e. The molecule has 0 aromatic heterocycles. The van der Waals surface area contributed by atoms with Crippen LogP contribution in [0.5, 0.6) is 46.0 Å². The number of rotatable bonds is 3. The summed E-state index contributed by atoms with van der Waals surface area (Å²) in [5.41, 5.74) is 8.44. The highest BCUT2D eigenvalue weighted by Crippen LogP contribution is 2.60. The van der Waals surface area contributed by atoms with Crippen LogP contribution >= 0.6 is 0 Å². The van der Waals surface area contributed by atoms with E-state index < -0.39 is 0 Å². The van der Waals surface area contributed by atoms with E-state index in [2.05, 4.69) is 47.6 Å². The number of methoxy groups -OCH3 is 3. The molecule has 4 aliphatic heterocycles. The van der Waals surface area contributed by atoms with Gasteiger partial charge in [-0.3, -0.25) is 4.90 Å². The third-order valence-corrected chi connectivity index (χ3v) is 9.72. The summed E-state index contributed by atoms with van der Waals surface area (Å²) >= 11 is 0. The van der Waals surface area contributed by atoms with Gasteiger partial charge < -0.3 is 34.1 Å². The maximum atomic E-state index is 11.1. The Balaban J connectivity index is 1.41. The summed E-state index contributed by atoms with van der Waals surface area (Å²) in [5, 5.41) is 14.8. The fourth-order valence-corrected chi connectivity index (χ4v) is 7.53. The molecule has 226 valence electrons. The van der Waals surface area contributed by atoms with E-state index in [1.54, 1.807) is 27.4 Å². The van der Waals surface area contributed by atoms with Gasteiger partial charge in [0.25, 0.3) is 0 Å². The lowest BCUT2D eigenvalue weighted by Gasteiger charge is -2.39. The van der Waals surface area contributed by atoms with E-state index >= 15 is 0 Å². The highest BCUT2D eigenvalue weighted by molar-refractivity contribution is 5.77. The van der Waals surface area contributed by atoms with Crippen molar-refractivity contribution in [1.82, 2.24) is 10.2 Å². The minimum Gasteiger partial charge on any atom is -0.507 e. The molecule has 2 atom stereocenters. The van der Waals surface area contributed by atoms with Crippen molar-refractivity contribution in [2.45, 2.75) is 37.8 Å². The fourth-order valence-electron chi connectivity index (χ4n) is 7.53. The Morgan fingerprint density at radius 3 is 2.39 bits per heavy atom. The van der Waals surface area contributed by atoms with Crippen molar-refractivity contribution in [1.29, 1.82) is 0 Å². The first-order valence-corrected chi connectivity index (χ1v) is 15.2. The third kappa shape index (κ3) is 4.12. The van der Waals surface area contributed by atoms with E-state index in [4.69, 9.17) is 23.7 Å². The summed E-state index contributed by atoms with van der Waals surface area (Å²) in [4.78, 5) is 2.37. The van der Waals surface area contributed by atoms with Gasteiger partial charge in [-0.2, -0.15) is 0 Å². The van der Waals surface area contributed by atoms with E-state index in [1.807, 2.05) is 12.1 Å². The molecule has 44 heavy (non-hydrogen) atoms. The van der Waals surface area contributed by atoms with Crippen LogP contribution in [0.3, 0.4) is 0 Å². The number of hydrogen-bond acceptors (Lipinski definition) is 8. The van der Waals surface area contributed by atoms with Gasteiger partial charge in [0.1, 0.15) is 11.5 Å². The van der Waals surface area contributed by atoms with Gasteiger partial charge in [0, 0.05) is 40.9 Å². The fraction of sp³-hybridized carbons (Fsp3) is 0.333. The molecular weight excluding hydrogens is 556 g/mol. The predicted octanol–water partition coefficient (Wildman–Crippen LogP) is 6.50. The molecule has 0 radical (unpaired) electrons. The van der Waals surface area contributed by atoms with E-state index in [0.717, 1.165) is 71.5 Å². The van der Waals surface area contributed by atoms with Gasteiger partial charge in [-0.25, -0.2) is 0 Å². The number of fused-ring (bicyclic) bond motifs is 5. The topological polar surface area (TPSA) is 81.7 Å². The summed E-state index contributed by atoms with van der Waals surface area (Å²) < 4.78 is 31.4. The van der Waals surface area contributed by atoms with Crippen molar-refractivity contribution in [3.8, 4) is 57.1 Å². The number of phenolic OH excluding ortho intramolecular Hbond substituents is 1. The molecule has 8 rings (SSSR count). The smallest absolute Gasteiger partial charge is 0.216 e. The van der Waals surface area contributed by atoms with Gasteiger partial charge in [-0.1, -0.05) is 12.1 Å². The molecule has 0 saturated heterocycles. The second-order valence-electron chi connectivity index (χ2n) is 12.1. The molecule has 0 saturated carbocycles. The molecule has 8 heteroatoms. The number of ether oxygens (including phenoxy) is 5. The lowest BCUT2D eigenvalue weighted by molar-refractivity contribution is 0.215. The van der Waals surface area contributed by atoms with Gasteiger partial charge in [-0.15, -0.1) is 0 Å². The van der Waals surface area contributed by atoms with Gasteiger partial charge in [0.2, 0.25) is 11.5 Å². The molecule has 7 bridgehead atoms. The number of hydrogen-bond donors (Lipinski definition) is 2. The first-order chi connectivity index (χ1) is 21.5. The number of nitrogens with one attached hydrogen (secondary N) is 1. The summed E-state index contributed by atoms with van der Waals surface area (Å²) in [7, 11) is 7.17. The third-order valence-electron chi connectivity index (χ3n) is 9.72. The predicted molar refractivity (Wildman–Crippen MR) is 167 cm³/mol. The average Bonchev–Trinajstić information content (AvgIpc) is 3.04. The van der Waals surface area contributed by atoms with Crippen LogP contribution in [0.2, 0.25) is 0 Å². The number of aromatic hydroxyl groups is 1. The molecular formula is C36H36N2O6. The molecule has 0 amide bonds. The molecule has 8 nitrogen and oxygen atoms in total. The van der Waals surface area contributed by atoms with Crippen LogP contribution in [0.15, 0.2) is 48.5 Å². The monoisotopic (exact) mass is 592 g/mol. The molecule has 0 aliphatic carbocycles. The second-order valence-corrected chi connectivity index (χ2v) is 12.1. The molecule has 4 aromatic carbocycles. The Labute approximate surface area is 257 Å². The SMILES string of the molecule is COc1ccc2cc1-c1cc(ccc1O)C[C@@H]1NCCc3cc4c(cc31)Oc1c(c(OC)c(OC)c3c1[C@@H](C2)N(C)CC3)O4. The first kappa shape index (κ1) is 27.2. The second kappa shape index (κ2) is 10.4. The minimum absolute atomic E-state index is 0.0291. The number of likely N-dealkylation sites (N-methyl/N-ethyl adjacent to an activating group) is 1. The summed E-state index contributed by atoms with van der Waals surface area (Å²) in [6, 6.07) is 16.5. The highest BCUT2D eigenvalue weighted by Gasteiger charge is 2.39. The van der Waals surface area contributed by atoms with Crippen LogP contribution in [0.25, 0.3) is 11.1 Å². The molecule has 4 aliphatic rings. The van der Waals surface area contributed by atoms with Crippen LogP contribution in [0.1, 0.15) is 45.5 Å². The van der Waals surface area contributed by atoms with Gasteiger partial charge in [0.15, 0.2) is 23.0 Å². The highest BCUT2D eigenvalue weighted by atomic mass is 16.6. The Bertz CT molecular complexity index is 1820. The Hall–Kier alpha value is -4.40. The van der Waals surface area contributed by atoms with E-state index in [9.17, 15) is 5.11 Å². The van der Waals surface area contributed by atoms with Crippen molar-refractivity contribution >= 4 is 0 Å². The molecule has 2 N–H and O–H groups in total. The molecule has 4 aromatic rings. The molecule has 0 spiro atoms. The number of phenols is 1. The van der Waals surface area contributed by atoms with Crippen molar-refractivity contribution in [3.05, 3.63) is 81.9 Å². The molecule has 4 heterocycles. The van der Waals surface area contributed by atoms with Gasteiger partial charge in [0.05, 0.1) is 21.3 Å². The Morgan fingerprint density at radius 1 is 0.818 bits per heavy atom. The average molecular weight is 593 g/mol. The van der Waals surface area contributed by atoms with Crippen molar-refractivity contribution in [2.75, 3.05) is 41.5 Å². The zero-order valence-corrected chi connectivity index (χ0v) is 25.5. The maximum absolute atomic E-state index is 11.1. The van der Waals surface area contributed by atoms with Crippen LogP contribution in [0, 0.1) is 0 Å². The minimum atomic E-state index is -0.0291. The zero-order chi connectivity index (χ0) is 30.1. The lowest BCUT2D eigenvalue weighted by Crippen LogP contribution is -2.34. The van der Waals surface area contributed by atoms with Gasteiger partial charge in [-0.05, 0) is 97.9 Å². The largest absolute Gasteiger partial charge is 0.507 e. The van der Waals surface area contributed by atoms with Crippen LogP contribution in [-0.4, -0.2) is 51.5 Å². The Kier molecular flexibility index (Phi) is 6.39. The zero-order valence-electron chi connectivity index (χ0n) is 25.5. The van der Waals surface area contributed by atoms with E-state index in [-0.39, 0.29) is 17.8 Å². The van der Waals surface area contributed by atoms with E-state index in [1.165, 1.54) is 11.1 Å². The lowest BCUT2D eigenvalue weighted by atomic mass is 9.85. The first-order valence-electron chi connectivity index (χ1n) is 15.2. The number of benzene rings is 4. The standard InChI is InChI=1S/C36H36N2O6/c1-38-12-10-22-32-27(38)16-20-6-8-29(40-2)25(14-20)24-13-19(5-7-28(24)39)15-26-23-18-31-30(17-21(23)9-11-37-26)44-36(34(32)43-31)35(42-4)33(22)41-3/h5-8,13-14,17-18,26-27,37,39H,9-12,15-16H2,1-4H3/t26-,27+/m0/s1.